The van der Waals surface area contributed by atoms with Crippen molar-refractivity contribution >= 4 is 22.5 Å². The van der Waals surface area contributed by atoms with Gasteiger partial charge in [-0.3, -0.25) is 14.8 Å². The molecule has 0 bridgehead atoms. The Balaban J connectivity index is 1.55. The molecule has 0 saturated carbocycles. The number of carbonyl (C=O) groups excluding carboxylic acids is 1. The Morgan fingerprint density at radius 1 is 1.13 bits per heavy atom. The molecule has 4 heterocycles. The van der Waals surface area contributed by atoms with E-state index in [0.717, 1.165) is 54.0 Å². The lowest BCUT2D eigenvalue weighted by Gasteiger charge is -2.27. The number of likely N-dealkylation sites (tertiary alicyclic amines) is 1. The van der Waals surface area contributed by atoms with E-state index in [1.165, 1.54) is 0 Å². The van der Waals surface area contributed by atoms with Crippen LogP contribution in [0.25, 0.3) is 22.3 Å². The number of carbonyl (C=O) groups is 1. The van der Waals surface area contributed by atoms with Crippen molar-refractivity contribution in [1.29, 1.82) is 0 Å². The minimum absolute atomic E-state index is 0.143. The van der Waals surface area contributed by atoms with Crippen LogP contribution in [0.3, 0.4) is 0 Å². The summed E-state index contributed by atoms with van der Waals surface area (Å²) in [4.78, 5) is 33.2. The van der Waals surface area contributed by atoms with Gasteiger partial charge in [0.15, 0.2) is 0 Å². The molecule has 0 radical (unpaired) electrons. The third-order valence-electron chi connectivity index (χ3n) is 5.49. The lowest BCUT2D eigenvalue weighted by molar-refractivity contribution is -0.123. The van der Waals surface area contributed by atoms with Gasteiger partial charge in [0.1, 0.15) is 17.3 Å². The Morgan fingerprint density at radius 3 is 2.70 bits per heavy atom. The van der Waals surface area contributed by atoms with Crippen LogP contribution in [0.2, 0.25) is 0 Å². The third kappa shape index (κ3) is 4.79. The number of Topliss-reactive ketones (excluding diaryl/α,β-unsaturated/α-hetero) is 1. The van der Waals surface area contributed by atoms with Crippen LogP contribution in [0.1, 0.15) is 32.4 Å². The monoisotopic (exact) mass is 404 g/mol. The predicted molar refractivity (Wildman–Crippen MR) is 118 cm³/mol. The number of aromatic nitrogens is 4. The zero-order chi connectivity index (χ0) is 21.1. The van der Waals surface area contributed by atoms with Crippen LogP contribution in [-0.4, -0.2) is 56.8 Å². The van der Waals surface area contributed by atoms with Crippen molar-refractivity contribution in [2.75, 3.05) is 25.5 Å². The molecular formula is C23H28N6O. The van der Waals surface area contributed by atoms with Gasteiger partial charge in [0.25, 0.3) is 0 Å². The summed E-state index contributed by atoms with van der Waals surface area (Å²) in [6.07, 6.45) is 7.46. The molecule has 0 aromatic carbocycles. The van der Waals surface area contributed by atoms with Gasteiger partial charge >= 0.3 is 0 Å². The number of nitrogens with one attached hydrogen (secondary N) is 1. The van der Waals surface area contributed by atoms with Crippen molar-refractivity contribution in [1.82, 2.24) is 24.8 Å². The first kappa shape index (κ1) is 20.3. The molecule has 156 valence electrons. The van der Waals surface area contributed by atoms with Gasteiger partial charge in [-0.2, -0.15) is 0 Å². The standard InChI is InChI=1S/C23H28N6O/c1-15(2)26-23-14-24-13-21(28-23)19-5-4-17-12-25-18(10-20(17)27-19)11-22(30)16-6-8-29(3)9-7-16/h4-5,10,12-16H,6-9,11H2,1-3H3,(H,26,28). The van der Waals surface area contributed by atoms with Crippen molar-refractivity contribution in [2.24, 2.45) is 5.92 Å². The van der Waals surface area contributed by atoms with Crippen molar-refractivity contribution in [3.63, 3.8) is 0 Å². The maximum atomic E-state index is 12.7. The van der Waals surface area contributed by atoms with Crippen LogP contribution in [-0.2, 0) is 11.2 Å². The molecule has 0 atom stereocenters. The highest BCUT2D eigenvalue weighted by molar-refractivity contribution is 5.85. The number of hydrogen-bond donors (Lipinski definition) is 1. The Bertz CT molecular complexity index is 1040. The molecule has 7 heteroatoms. The molecule has 0 amide bonds. The summed E-state index contributed by atoms with van der Waals surface area (Å²) in [5.41, 5.74) is 3.06. The zero-order valence-electron chi connectivity index (χ0n) is 17.8. The lowest BCUT2D eigenvalue weighted by atomic mass is 9.90. The van der Waals surface area contributed by atoms with Crippen molar-refractivity contribution in [2.45, 2.75) is 39.2 Å². The van der Waals surface area contributed by atoms with Gasteiger partial charge < -0.3 is 10.2 Å². The third-order valence-corrected chi connectivity index (χ3v) is 5.49. The van der Waals surface area contributed by atoms with E-state index in [2.05, 4.69) is 46.1 Å². The normalized spacial score (nSPS) is 15.6. The minimum Gasteiger partial charge on any atom is -0.367 e. The summed E-state index contributed by atoms with van der Waals surface area (Å²) < 4.78 is 0. The molecule has 7 nitrogen and oxygen atoms in total. The number of piperidine rings is 1. The minimum atomic E-state index is 0.143. The highest BCUT2D eigenvalue weighted by Crippen LogP contribution is 2.22. The summed E-state index contributed by atoms with van der Waals surface area (Å²) >= 11 is 0. The van der Waals surface area contributed by atoms with Crippen LogP contribution < -0.4 is 5.32 Å². The molecule has 3 aromatic rings. The number of ketones is 1. The van der Waals surface area contributed by atoms with Crippen molar-refractivity contribution in [3.05, 3.63) is 42.5 Å². The number of pyridine rings is 2. The molecule has 1 N–H and O–H groups in total. The fraction of sp³-hybridized carbons (Fsp3) is 0.435. The van der Waals surface area contributed by atoms with E-state index in [1.54, 1.807) is 18.6 Å². The number of rotatable bonds is 6. The molecule has 30 heavy (non-hydrogen) atoms. The SMILES string of the molecule is CC(C)Nc1cncc(-c2ccc3cnc(CC(=O)C4CCN(C)CC4)cc3n2)n1. The first-order valence-corrected chi connectivity index (χ1v) is 10.5. The molecule has 3 aromatic heterocycles. The lowest BCUT2D eigenvalue weighted by Crippen LogP contribution is -2.34. The predicted octanol–water partition coefficient (Wildman–Crippen LogP) is 3.36. The van der Waals surface area contributed by atoms with Crippen LogP contribution >= 0.6 is 0 Å². The molecule has 0 aliphatic carbocycles. The summed E-state index contributed by atoms with van der Waals surface area (Å²) in [6, 6.07) is 6.11. The summed E-state index contributed by atoms with van der Waals surface area (Å²) in [5.74, 6) is 1.15. The number of anilines is 1. The molecule has 0 unspecified atom stereocenters. The fourth-order valence-corrected chi connectivity index (χ4v) is 3.81. The van der Waals surface area contributed by atoms with E-state index in [9.17, 15) is 4.79 Å². The Hall–Kier alpha value is -2.93. The Labute approximate surface area is 177 Å². The van der Waals surface area contributed by atoms with Gasteiger partial charge in [-0.15, -0.1) is 0 Å². The maximum absolute atomic E-state index is 12.7. The molecule has 4 rings (SSSR count). The van der Waals surface area contributed by atoms with Gasteiger partial charge in [0, 0.05) is 35.7 Å². The van der Waals surface area contributed by atoms with E-state index in [0.29, 0.717) is 12.1 Å². The largest absolute Gasteiger partial charge is 0.367 e. The maximum Gasteiger partial charge on any atom is 0.145 e. The zero-order valence-corrected chi connectivity index (χ0v) is 17.8. The van der Waals surface area contributed by atoms with Gasteiger partial charge in [-0.05, 0) is 65.0 Å². The quantitative estimate of drug-likeness (QED) is 0.674. The molecule has 0 spiro atoms. The van der Waals surface area contributed by atoms with Crippen LogP contribution in [0.4, 0.5) is 5.82 Å². The Kier molecular flexibility index (Phi) is 5.99. The highest BCUT2D eigenvalue weighted by atomic mass is 16.1. The second-order valence-electron chi connectivity index (χ2n) is 8.37. The number of fused-ring (bicyclic) bond motifs is 1. The molecular weight excluding hydrogens is 376 g/mol. The number of hydrogen-bond acceptors (Lipinski definition) is 7. The first-order valence-electron chi connectivity index (χ1n) is 10.5. The first-order chi connectivity index (χ1) is 14.5. The van der Waals surface area contributed by atoms with E-state index in [1.807, 2.05) is 18.2 Å². The highest BCUT2D eigenvalue weighted by Gasteiger charge is 2.23. The average molecular weight is 405 g/mol. The van der Waals surface area contributed by atoms with Crippen LogP contribution in [0.5, 0.6) is 0 Å². The van der Waals surface area contributed by atoms with E-state index in [-0.39, 0.29) is 17.7 Å². The smallest absolute Gasteiger partial charge is 0.145 e. The molecule has 1 aliphatic heterocycles. The molecule has 1 fully saturated rings. The Morgan fingerprint density at radius 2 is 1.93 bits per heavy atom. The van der Waals surface area contributed by atoms with Gasteiger partial charge in [-0.25, -0.2) is 9.97 Å². The summed E-state index contributed by atoms with van der Waals surface area (Å²) in [6.45, 7) is 6.09. The van der Waals surface area contributed by atoms with Crippen molar-refractivity contribution in [3.8, 4) is 11.4 Å². The second kappa shape index (κ2) is 8.83. The number of nitrogens with zero attached hydrogens (tertiary/aromatic N) is 5. The van der Waals surface area contributed by atoms with Crippen LogP contribution in [0.15, 0.2) is 36.8 Å². The topological polar surface area (TPSA) is 83.9 Å². The fourth-order valence-electron chi connectivity index (χ4n) is 3.81. The van der Waals surface area contributed by atoms with Gasteiger partial charge in [0.05, 0.1) is 23.6 Å². The van der Waals surface area contributed by atoms with Crippen LogP contribution in [0, 0.1) is 5.92 Å². The molecule has 1 saturated heterocycles. The van der Waals surface area contributed by atoms with E-state index < -0.39 is 0 Å². The van der Waals surface area contributed by atoms with Gasteiger partial charge in [-0.1, -0.05) is 0 Å². The summed E-state index contributed by atoms with van der Waals surface area (Å²) in [7, 11) is 2.10. The van der Waals surface area contributed by atoms with Gasteiger partial charge in [0.2, 0.25) is 0 Å². The van der Waals surface area contributed by atoms with Crippen molar-refractivity contribution < 1.29 is 4.79 Å². The average Bonchev–Trinajstić information content (AvgIpc) is 2.73. The second-order valence-corrected chi connectivity index (χ2v) is 8.37. The van der Waals surface area contributed by atoms with E-state index >= 15 is 0 Å². The van der Waals surface area contributed by atoms with E-state index in [4.69, 9.17) is 4.98 Å². The summed E-state index contributed by atoms with van der Waals surface area (Å²) in [5, 5.41) is 4.21. The molecule has 1 aliphatic rings.